The van der Waals surface area contributed by atoms with Crippen molar-refractivity contribution in [3.8, 4) is 0 Å². The summed E-state index contributed by atoms with van der Waals surface area (Å²) in [6.07, 6.45) is 0. The van der Waals surface area contributed by atoms with Gasteiger partial charge >= 0.3 is 6.03 Å². The topological polar surface area (TPSA) is 41.1 Å². The molecule has 5 heteroatoms. The molecule has 1 aliphatic rings. The van der Waals surface area contributed by atoms with Gasteiger partial charge in [0.1, 0.15) is 0 Å². The molecule has 0 unspecified atom stereocenters. The van der Waals surface area contributed by atoms with Gasteiger partial charge in [0.25, 0.3) is 0 Å². The Morgan fingerprint density at radius 2 is 1.86 bits per heavy atom. The third kappa shape index (κ3) is 2.09. The Kier molecular flexibility index (Phi) is 2.78. The number of nitrogens with one attached hydrogen (secondary N) is 2. The lowest BCUT2D eigenvalue weighted by Crippen LogP contribution is -2.21. The summed E-state index contributed by atoms with van der Waals surface area (Å²) in [6.45, 7) is 0.641. The molecule has 0 aliphatic carbocycles. The summed E-state index contributed by atoms with van der Waals surface area (Å²) in [7, 11) is 0. The molecule has 0 spiro atoms. The van der Waals surface area contributed by atoms with E-state index in [0.717, 1.165) is 14.5 Å². The Bertz CT molecular complexity index is 361. The standard InChI is InChI=1S/C9H8Br2N2O/c10-6-1-5(2-7(11)3-6)8-4-12-9(14)13-8/h1-3,8H,4H2,(H2,12,13,14)/t8-/m0/s1. The lowest BCUT2D eigenvalue weighted by Gasteiger charge is -2.09. The number of urea groups is 1. The zero-order valence-corrected chi connectivity index (χ0v) is 10.4. The van der Waals surface area contributed by atoms with Crippen LogP contribution in [0, 0.1) is 0 Å². The molecule has 3 nitrogen and oxygen atoms in total. The second kappa shape index (κ2) is 3.90. The molecule has 74 valence electrons. The van der Waals surface area contributed by atoms with Gasteiger partial charge in [0.2, 0.25) is 0 Å². The second-order valence-electron chi connectivity index (χ2n) is 3.11. The first-order chi connectivity index (χ1) is 6.65. The minimum Gasteiger partial charge on any atom is -0.336 e. The average Bonchev–Trinajstić information content (AvgIpc) is 2.50. The van der Waals surface area contributed by atoms with Crippen molar-refractivity contribution >= 4 is 37.9 Å². The fourth-order valence-electron chi connectivity index (χ4n) is 1.43. The largest absolute Gasteiger partial charge is 0.336 e. The van der Waals surface area contributed by atoms with Crippen molar-refractivity contribution < 1.29 is 4.79 Å². The van der Waals surface area contributed by atoms with E-state index >= 15 is 0 Å². The highest BCUT2D eigenvalue weighted by Crippen LogP contribution is 2.24. The van der Waals surface area contributed by atoms with Crippen LogP contribution < -0.4 is 10.6 Å². The number of hydrogen-bond donors (Lipinski definition) is 2. The summed E-state index contributed by atoms with van der Waals surface area (Å²) in [6, 6.07) is 5.93. The summed E-state index contributed by atoms with van der Waals surface area (Å²) >= 11 is 6.82. The van der Waals surface area contributed by atoms with Crippen LogP contribution in [-0.4, -0.2) is 12.6 Å². The second-order valence-corrected chi connectivity index (χ2v) is 4.94. The van der Waals surface area contributed by atoms with E-state index in [1.165, 1.54) is 0 Å². The van der Waals surface area contributed by atoms with Crippen LogP contribution in [0.1, 0.15) is 11.6 Å². The maximum Gasteiger partial charge on any atom is 0.315 e. The molecule has 1 saturated heterocycles. The van der Waals surface area contributed by atoms with Gasteiger partial charge in [-0.3, -0.25) is 0 Å². The van der Waals surface area contributed by atoms with E-state index in [4.69, 9.17) is 0 Å². The van der Waals surface area contributed by atoms with Gasteiger partial charge in [-0.05, 0) is 23.8 Å². The monoisotopic (exact) mass is 318 g/mol. The van der Waals surface area contributed by atoms with E-state index in [0.29, 0.717) is 6.54 Å². The molecule has 2 N–H and O–H groups in total. The molecule has 1 atom stereocenters. The van der Waals surface area contributed by atoms with Crippen LogP contribution in [0.2, 0.25) is 0 Å². The molecule has 1 aromatic rings. The van der Waals surface area contributed by atoms with Crippen LogP contribution in [0.3, 0.4) is 0 Å². The van der Waals surface area contributed by atoms with Gasteiger partial charge < -0.3 is 10.6 Å². The van der Waals surface area contributed by atoms with E-state index < -0.39 is 0 Å². The fraction of sp³-hybridized carbons (Fsp3) is 0.222. The lowest BCUT2D eigenvalue weighted by molar-refractivity contribution is 0.247. The first-order valence-corrected chi connectivity index (χ1v) is 5.74. The van der Waals surface area contributed by atoms with E-state index in [9.17, 15) is 4.79 Å². The summed E-state index contributed by atoms with van der Waals surface area (Å²) < 4.78 is 2.01. The normalized spacial score (nSPS) is 20.4. The number of benzene rings is 1. The predicted molar refractivity (Wildman–Crippen MR) is 61.1 cm³/mol. The average molecular weight is 320 g/mol. The molecule has 0 aromatic heterocycles. The van der Waals surface area contributed by atoms with E-state index in [1.54, 1.807) is 0 Å². The van der Waals surface area contributed by atoms with Gasteiger partial charge in [-0.25, -0.2) is 4.79 Å². The SMILES string of the molecule is O=C1NC[C@@H](c2cc(Br)cc(Br)c2)N1. The van der Waals surface area contributed by atoms with Crippen molar-refractivity contribution in [2.45, 2.75) is 6.04 Å². The van der Waals surface area contributed by atoms with Crippen LogP contribution in [-0.2, 0) is 0 Å². The molecule has 1 heterocycles. The number of amides is 2. The molecule has 1 aliphatic heterocycles. The van der Waals surface area contributed by atoms with Gasteiger partial charge in [-0.1, -0.05) is 31.9 Å². The number of rotatable bonds is 1. The fourth-order valence-corrected chi connectivity index (χ4v) is 2.76. The summed E-state index contributed by atoms with van der Waals surface area (Å²) in [5, 5.41) is 5.56. The Balaban J connectivity index is 2.27. The zero-order chi connectivity index (χ0) is 10.1. The Morgan fingerprint density at radius 3 is 2.36 bits per heavy atom. The maximum absolute atomic E-state index is 11.0. The minimum absolute atomic E-state index is 0.0660. The van der Waals surface area contributed by atoms with Crippen molar-refractivity contribution in [2.75, 3.05) is 6.54 Å². The Hall–Kier alpha value is -0.550. The summed E-state index contributed by atoms with van der Waals surface area (Å²) in [5.74, 6) is 0. The molecular weight excluding hydrogens is 312 g/mol. The first-order valence-electron chi connectivity index (χ1n) is 4.15. The smallest absolute Gasteiger partial charge is 0.315 e. The minimum atomic E-state index is -0.105. The van der Waals surface area contributed by atoms with Crippen molar-refractivity contribution in [3.05, 3.63) is 32.7 Å². The molecular formula is C9H8Br2N2O. The predicted octanol–water partition coefficient (Wildman–Crippen LogP) is 2.57. The zero-order valence-electron chi connectivity index (χ0n) is 7.18. The third-order valence-corrected chi connectivity index (χ3v) is 2.97. The lowest BCUT2D eigenvalue weighted by atomic mass is 10.1. The van der Waals surface area contributed by atoms with E-state index in [-0.39, 0.29) is 12.1 Å². The maximum atomic E-state index is 11.0. The van der Waals surface area contributed by atoms with Crippen LogP contribution in [0.25, 0.3) is 0 Å². The number of carbonyl (C=O) groups excluding carboxylic acids is 1. The highest BCUT2D eigenvalue weighted by molar-refractivity contribution is 9.11. The van der Waals surface area contributed by atoms with Crippen LogP contribution >= 0.6 is 31.9 Å². The quantitative estimate of drug-likeness (QED) is 0.820. The van der Waals surface area contributed by atoms with Crippen LogP contribution in [0.4, 0.5) is 4.79 Å². The van der Waals surface area contributed by atoms with E-state index in [1.807, 2.05) is 18.2 Å². The van der Waals surface area contributed by atoms with Gasteiger partial charge in [0.15, 0.2) is 0 Å². The molecule has 1 aromatic carbocycles. The molecule has 0 radical (unpaired) electrons. The number of halogens is 2. The number of carbonyl (C=O) groups is 1. The van der Waals surface area contributed by atoms with Crippen molar-refractivity contribution in [1.29, 1.82) is 0 Å². The summed E-state index contributed by atoms with van der Waals surface area (Å²) in [4.78, 5) is 11.0. The van der Waals surface area contributed by atoms with Crippen molar-refractivity contribution in [3.63, 3.8) is 0 Å². The van der Waals surface area contributed by atoms with Crippen molar-refractivity contribution in [1.82, 2.24) is 10.6 Å². The molecule has 0 bridgehead atoms. The highest BCUT2D eigenvalue weighted by Gasteiger charge is 2.21. The highest BCUT2D eigenvalue weighted by atomic mass is 79.9. The van der Waals surface area contributed by atoms with Gasteiger partial charge in [-0.15, -0.1) is 0 Å². The molecule has 14 heavy (non-hydrogen) atoms. The van der Waals surface area contributed by atoms with E-state index in [2.05, 4.69) is 42.5 Å². The number of hydrogen-bond acceptors (Lipinski definition) is 1. The first kappa shape index (κ1) is 9.98. The molecule has 0 saturated carbocycles. The molecule has 2 amide bonds. The third-order valence-electron chi connectivity index (χ3n) is 2.06. The summed E-state index contributed by atoms with van der Waals surface area (Å²) in [5.41, 5.74) is 1.09. The van der Waals surface area contributed by atoms with Crippen LogP contribution in [0.5, 0.6) is 0 Å². The Morgan fingerprint density at radius 1 is 1.21 bits per heavy atom. The molecule has 2 rings (SSSR count). The van der Waals surface area contributed by atoms with Crippen molar-refractivity contribution in [2.24, 2.45) is 0 Å². The Labute approximate surface area is 98.5 Å². The van der Waals surface area contributed by atoms with Gasteiger partial charge in [0, 0.05) is 15.5 Å². The molecule has 1 fully saturated rings. The van der Waals surface area contributed by atoms with Gasteiger partial charge in [-0.2, -0.15) is 0 Å². The van der Waals surface area contributed by atoms with Crippen LogP contribution in [0.15, 0.2) is 27.1 Å². The van der Waals surface area contributed by atoms with Gasteiger partial charge in [0.05, 0.1) is 6.04 Å².